The van der Waals surface area contributed by atoms with Gasteiger partial charge in [0.25, 0.3) is 5.19 Å². The smallest absolute Gasteiger partial charge is 0.298 e. The Morgan fingerprint density at radius 1 is 1.23 bits per heavy atom. The van der Waals surface area contributed by atoms with Crippen LogP contribution >= 0.6 is 23.1 Å². The van der Waals surface area contributed by atoms with Gasteiger partial charge >= 0.3 is 0 Å². The Morgan fingerprint density at radius 3 is 2.73 bits per heavy atom. The highest BCUT2D eigenvalue weighted by Gasteiger charge is 2.42. The number of benzene rings is 2. The molecule has 1 aromatic heterocycles. The first kappa shape index (κ1) is 20.8. The summed E-state index contributed by atoms with van der Waals surface area (Å²) >= 11 is 7.72. The highest BCUT2D eigenvalue weighted by atomic mass is 35.5. The highest BCUT2D eigenvalue weighted by Crippen LogP contribution is 2.54. The molecule has 3 aromatic rings. The van der Waals surface area contributed by atoms with E-state index in [1.165, 1.54) is 17.1 Å². The van der Waals surface area contributed by atoms with Crippen molar-refractivity contribution >= 4 is 35.2 Å². The molecule has 0 spiro atoms. The first-order chi connectivity index (χ1) is 14.4. The molecule has 0 unspecified atom stereocenters. The average molecular weight is 441 g/mol. The van der Waals surface area contributed by atoms with Crippen LogP contribution in [0.2, 0.25) is 5.02 Å². The maximum Gasteiger partial charge on any atom is 0.298 e. The van der Waals surface area contributed by atoms with Crippen molar-refractivity contribution in [3.63, 3.8) is 0 Å². The van der Waals surface area contributed by atoms with Crippen LogP contribution in [0.5, 0.6) is 10.9 Å². The molecule has 0 radical (unpaired) electrons. The summed E-state index contributed by atoms with van der Waals surface area (Å²) in [7, 11) is 1.99. The largest absolute Gasteiger partial charge is 0.430 e. The van der Waals surface area contributed by atoms with Crippen molar-refractivity contribution in [2.45, 2.75) is 45.1 Å². The van der Waals surface area contributed by atoms with Crippen LogP contribution in [0.3, 0.4) is 0 Å². The highest BCUT2D eigenvalue weighted by molar-refractivity contribution is 7.07. The molecule has 0 bridgehead atoms. The predicted octanol–water partition coefficient (Wildman–Crippen LogP) is 6.56. The fraction of sp³-hybridized carbons (Fsp3) is 0.348. The van der Waals surface area contributed by atoms with E-state index in [-0.39, 0.29) is 0 Å². The maximum absolute atomic E-state index is 6.44. The third-order valence-electron chi connectivity index (χ3n) is 5.41. The molecule has 1 aliphatic carbocycles. The first-order valence-electron chi connectivity index (χ1n) is 10.0. The van der Waals surface area contributed by atoms with Crippen LogP contribution in [-0.4, -0.2) is 33.7 Å². The van der Waals surface area contributed by atoms with Gasteiger partial charge in [-0.15, -0.1) is 0 Å². The molecule has 2 aromatic carbocycles. The molecule has 0 aliphatic heterocycles. The lowest BCUT2D eigenvalue weighted by Gasteiger charge is -2.17. The molecule has 1 heterocycles. The lowest BCUT2D eigenvalue weighted by atomic mass is 10.1. The third kappa shape index (κ3) is 4.65. The van der Waals surface area contributed by atoms with E-state index in [2.05, 4.69) is 52.5 Å². The maximum atomic E-state index is 6.44. The van der Waals surface area contributed by atoms with E-state index < -0.39 is 0 Å². The lowest BCUT2D eigenvalue weighted by Crippen LogP contribution is -2.24. The van der Waals surface area contributed by atoms with Gasteiger partial charge in [0, 0.05) is 36.6 Å². The quantitative estimate of drug-likeness (QED) is 0.308. The molecule has 1 saturated carbocycles. The van der Waals surface area contributed by atoms with E-state index in [0.29, 0.717) is 33.8 Å². The summed E-state index contributed by atoms with van der Waals surface area (Å²) in [4.78, 5) is 11.1. The summed E-state index contributed by atoms with van der Waals surface area (Å²) in [5.74, 6) is 2.42. The average Bonchev–Trinajstić information content (AvgIpc) is 3.41. The fourth-order valence-electron chi connectivity index (χ4n) is 3.20. The van der Waals surface area contributed by atoms with Crippen molar-refractivity contribution in [3.8, 4) is 10.9 Å². The molecule has 156 valence electrons. The Morgan fingerprint density at radius 2 is 2.00 bits per heavy atom. The first-order valence-corrected chi connectivity index (χ1v) is 11.2. The van der Waals surface area contributed by atoms with Gasteiger partial charge in [-0.05, 0) is 50.3 Å². The molecule has 5 nitrogen and oxygen atoms in total. The van der Waals surface area contributed by atoms with Gasteiger partial charge in [-0.3, -0.25) is 0 Å². The van der Waals surface area contributed by atoms with Gasteiger partial charge in [0.15, 0.2) is 0 Å². The Balaban J connectivity index is 1.45. The number of rotatable bonds is 7. The summed E-state index contributed by atoms with van der Waals surface area (Å²) in [6.07, 6.45) is 2.88. The van der Waals surface area contributed by atoms with E-state index in [0.717, 1.165) is 23.5 Å². The SMILES string of the molecule is Cc1cc(/N=C\N(C)C(C)C)c(Cl)cc1Oc1nc([C@@H]2C[C@H]2c2ccccc2)ns1. The molecule has 0 amide bonds. The summed E-state index contributed by atoms with van der Waals surface area (Å²) in [6.45, 7) is 6.19. The number of aryl methyl sites for hydroxylation is 1. The molecule has 0 N–H and O–H groups in total. The van der Waals surface area contributed by atoms with Gasteiger partial charge in [0.2, 0.25) is 0 Å². The molecular formula is C23H25ClN4OS. The zero-order valence-electron chi connectivity index (χ0n) is 17.5. The summed E-state index contributed by atoms with van der Waals surface area (Å²) in [6, 6.07) is 14.6. The van der Waals surface area contributed by atoms with Crippen LogP contribution < -0.4 is 4.74 Å². The van der Waals surface area contributed by atoms with Crippen LogP contribution in [0, 0.1) is 6.92 Å². The topological polar surface area (TPSA) is 50.6 Å². The monoisotopic (exact) mass is 440 g/mol. The summed E-state index contributed by atoms with van der Waals surface area (Å²) in [5, 5.41) is 1.08. The van der Waals surface area contributed by atoms with E-state index in [9.17, 15) is 0 Å². The standard InChI is InChI=1S/C23H25ClN4OS/c1-14(2)28(4)13-25-20-10-15(3)21(12-19(20)24)29-23-26-22(27-30-23)18-11-17(18)16-8-6-5-7-9-16/h5-10,12-14,17-18H,11H2,1-4H3/b25-13-/t17-,18+/m0/s1. The number of hydrogen-bond donors (Lipinski definition) is 0. The molecular weight excluding hydrogens is 416 g/mol. The number of aliphatic imine (C=N–C) groups is 1. The van der Waals surface area contributed by atoms with Gasteiger partial charge in [-0.1, -0.05) is 41.9 Å². The second-order valence-corrected chi connectivity index (χ2v) is 9.07. The molecule has 1 aliphatic rings. The second-order valence-electron chi connectivity index (χ2n) is 7.95. The minimum atomic E-state index is 0.371. The minimum absolute atomic E-state index is 0.371. The van der Waals surface area contributed by atoms with E-state index in [1.807, 2.05) is 31.0 Å². The zero-order chi connectivity index (χ0) is 21.3. The van der Waals surface area contributed by atoms with Crippen LogP contribution in [0.4, 0.5) is 5.69 Å². The Bertz CT molecular complexity index is 1050. The third-order valence-corrected chi connectivity index (χ3v) is 6.32. The predicted molar refractivity (Wildman–Crippen MR) is 124 cm³/mol. The van der Waals surface area contributed by atoms with Crippen LogP contribution in [-0.2, 0) is 0 Å². The van der Waals surface area contributed by atoms with Crippen molar-refractivity contribution in [2.24, 2.45) is 4.99 Å². The molecule has 4 rings (SSSR count). The zero-order valence-corrected chi connectivity index (χ0v) is 19.1. The Labute approximate surface area is 186 Å². The number of halogens is 1. The second kappa shape index (κ2) is 8.74. The van der Waals surface area contributed by atoms with E-state index >= 15 is 0 Å². The van der Waals surface area contributed by atoms with Crippen LogP contribution in [0.15, 0.2) is 47.5 Å². The molecule has 1 fully saturated rings. The van der Waals surface area contributed by atoms with Gasteiger partial charge in [0.1, 0.15) is 11.6 Å². The van der Waals surface area contributed by atoms with E-state index in [4.69, 9.17) is 16.3 Å². The lowest BCUT2D eigenvalue weighted by molar-refractivity contribution is 0.429. The Hall–Kier alpha value is -2.44. The number of ether oxygens (including phenoxy) is 1. The number of aromatic nitrogens is 2. The molecule has 30 heavy (non-hydrogen) atoms. The van der Waals surface area contributed by atoms with Crippen LogP contribution in [0.25, 0.3) is 0 Å². The summed E-state index contributed by atoms with van der Waals surface area (Å²) < 4.78 is 10.5. The Kier molecular flexibility index (Phi) is 6.06. The van der Waals surface area contributed by atoms with Crippen molar-refractivity contribution in [1.29, 1.82) is 0 Å². The van der Waals surface area contributed by atoms with Crippen molar-refractivity contribution in [2.75, 3.05) is 7.05 Å². The molecule has 2 atom stereocenters. The minimum Gasteiger partial charge on any atom is -0.430 e. The fourth-order valence-corrected chi connectivity index (χ4v) is 4.01. The molecule has 7 heteroatoms. The van der Waals surface area contributed by atoms with Crippen molar-refractivity contribution in [3.05, 3.63) is 64.4 Å². The summed E-state index contributed by atoms with van der Waals surface area (Å²) in [5.41, 5.74) is 3.02. The number of hydrogen-bond acceptors (Lipinski definition) is 5. The normalized spacial score (nSPS) is 18.2. The van der Waals surface area contributed by atoms with Crippen LogP contribution in [0.1, 0.15) is 49.1 Å². The van der Waals surface area contributed by atoms with E-state index in [1.54, 1.807) is 12.4 Å². The van der Waals surface area contributed by atoms with Gasteiger partial charge < -0.3 is 9.64 Å². The van der Waals surface area contributed by atoms with Gasteiger partial charge in [-0.2, -0.15) is 9.36 Å². The van der Waals surface area contributed by atoms with Gasteiger partial charge in [0.05, 0.1) is 17.0 Å². The number of nitrogens with zero attached hydrogens (tertiary/aromatic N) is 4. The molecule has 0 saturated heterocycles. The van der Waals surface area contributed by atoms with Crippen molar-refractivity contribution in [1.82, 2.24) is 14.3 Å². The van der Waals surface area contributed by atoms with Crippen molar-refractivity contribution < 1.29 is 4.74 Å². The van der Waals surface area contributed by atoms with Gasteiger partial charge in [-0.25, -0.2) is 4.99 Å².